The number of allylic oxidation sites excluding steroid dienone is 2. The number of esters is 1. The molecule has 1 aliphatic rings. The van der Waals surface area contributed by atoms with Gasteiger partial charge < -0.3 is 20.4 Å². The fourth-order valence-electron chi connectivity index (χ4n) is 3.92. The number of hydrogen-bond acceptors (Lipinski definition) is 12. The monoisotopic (exact) mass is 594 g/mol. The topological polar surface area (TPSA) is 168 Å². The predicted molar refractivity (Wildman–Crippen MR) is 149 cm³/mol. The summed E-state index contributed by atoms with van der Waals surface area (Å²) >= 11 is 8.48. The summed E-state index contributed by atoms with van der Waals surface area (Å²) < 4.78 is 10.4. The van der Waals surface area contributed by atoms with Crippen molar-refractivity contribution >= 4 is 52.2 Å². The van der Waals surface area contributed by atoms with Gasteiger partial charge in [-0.2, -0.15) is 19.4 Å². The van der Waals surface area contributed by atoms with E-state index in [1.807, 2.05) is 12.1 Å². The molecule has 0 aromatic carbocycles. The number of dihydropyridines is 1. The molecule has 4 aromatic rings. The van der Waals surface area contributed by atoms with Crippen LogP contribution in [0.5, 0.6) is 0 Å². The number of ether oxygens (including phenoxy) is 1. The molecule has 0 bridgehead atoms. The van der Waals surface area contributed by atoms with E-state index in [1.165, 1.54) is 24.6 Å². The summed E-state index contributed by atoms with van der Waals surface area (Å²) in [5.41, 5.74) is 0.902. The second-order valence-corrected chi connectivity index (χ2v) is 10.8. The third-order valence-corrected chi connectivity index (χ3v) is 7.55. The number of nitrogens with zero attached hydrogens (tertiary/aromatic N) is 5. The summed E-state index contributed by atoms with van der Waals surface area (Å²) in [6.45, 7) is 0.685. The van der Waals surface area contributed by atoms with E-state index in [2.05, 4.69) is 36.1 Å². The third kappa shape index (κ3) is 5.57. The van der Waals surface area contributed by atoms with Crippen molar-refractivity contribution in [3.63, 3.8) is 0 Å². The molecule has 15 heteroatoms. The maximum atomic E-state index is 13.2. The minimum Gasteiger partial charge on any atom is -0.464 e. The fourth-order valence-corrected chi connectivity index (χ4v) is 5.45. The van der Waals surface area contributed by atoms with Gasteiger partial charge in [0.2, 0.25) is 0 Å². The Balaban J connectivity index is 1.49. The number of halogens is 1. The number of carbonyl (C=O) groups excluding carboxylic acids is 2. The standard InChI is InChI=1S/C25H19ClN8O4S2/c1-38-25(37)18-9-13(4-6-28-18)8-14-11-29-21(23(35)31-14)20-16(10-27)22(30-12-15-2-3-19(26)40-15)34(32-20)24(36)17-5-7-39-33-17/h2-5,7,9,11,28,30H,6,8,12H2,1H3,(H,31,35). The summed E-state index contributed by atoms with van der Waals surface area (Å²) in [5, 5.41) is 22.0. The highest BCUT2D eigenvalue weighted by Gasteiger charge is 2.27. The number of hydrogen-bond donors (Lipinski definition) is 3. The van der Waals surface area contributed by atoms with Crippen molar-refractivity contribution in [1.82, 2.24) is 29.4 Å². The van der Waals surface area contributed by atoms with Crippen LogP contribution in [0.2, 0.25) is 4.34 Å². The van der Waals surface area contributed by atoms with E-state index in [0.29, 0.717) is 28.7 Å². The van der Waals surface area contributed by atoms with E-state index in [-0.39, 0.29) is 35.0 Å². The second kappa shape index (κ2) is 11.7. The molecule has 0 spiro atoms. The van der Waals surface area contributed by atoms with E-state index >= 15 is 0 Å². The Kier molecular flexibility index (Phi) is 7.87. The lowest BCUT2D eigenvalue weighted by atomic mass is 10.1. The first-order valence-electron chi connectivity index (χ1n) is 11.7. The number of H-pyrrole nitrogens is 1. The van der Waals surface area contributed by atoms with Crippen LogP contribution in [0.3, 0.4) is 0 Å². The fraction of sp³-hybridized carbons (Fsp3) is 0.160. The molecule has 1 aliphatic heterocycles. The molecular formula is C25H19ClN8O4S2. The molecule has 5 rings (SSSR count). The first-order chi connectivity index (χ1) is 19.4. The minimum absolute atomic E-state index is 0.0244. The van der Waals surface area contributed by atoms with Crippen LogP contribution in [0.1, 0.15) is 26.6 Å². The highest BCUT2D eigenvalue weighted by Crippen LogP contribution is 2.28. The third-order valence-electron chi connectivity index (χ3n) is 5.75. The molecule has 4 aromatic heterocycles. The van der Waals surface area contributed by atoms with Gasteiger partial charge in [-0.3, -0.25) is 9.59 Å². The van der Waals surface area contributed by atoms with Crippen molar-refractivity contribution in [3.05, 3.63) is 89.7 Å². The number of methoxy groups -OCH3 is 1. The molecule has 0 saturated heterocycles. The van der Waals surface area contributed by atoms with Gasteiger partial charge in [0.1, 0.15) is 28.7 Å². The number of nitrogens with one attached hydrogen (secondary N) is 3. The van der Waals surface area contributed by atoms with Crippen LogP contribution in [-0.4, -0.2) is 49.7 Å². The normalized spacial score (nSPS) is 12.6. The first kappa shape index (κ1) is 27.0. The van der Waals surface area contributed by atoms with Crippen LogP contribution in [-0.2, 0) is 22.5 Å². The molecule has 0 atom stereocenters. The Morgan fingerprint density at radius 3 is 2.83 bits per heavy atom. The predicted octanol–water partition coefficient (Wildman–Crippen LogP) is 3.11. The molecule has 0 fully saturated rings. The SMILES string of the molecule is COC(=O)C1=CC(Cc2cnc(-c3nn(C(=O)c4ccsn4)c(NCc4ccc(Cl)s4)c3C#N)c(=O)[nH]2)=CCN1. The van der Waals surface area contributed by atoms with E-state index in [1.54, 1.807) is 23.6 Å². The molecule has 0 radical (unpaired) electrons. The largest absolute Gasteiger partial charge is 0.464 e. The summed E-state index contributed by atoms with van der Waals surface area (Å²) in [6.07, 6.45) is 5.26. The van der Waals surface area contributed by atoms with Crippen LogP contribution in [0, 0.1) is 11.3 Å². The number of aromatic amines is 1. The number of thiophene rings is 1. The van der Waals surface area contributed by atoms with Gasteiger partial charge in [0.15, 0.2) is 11.5 Å². The first-order valence-corrected chi connectivity index (χ1v) is 13.7. The van der Waals surface area contributed by atoms with E-state index in [0.717, 1.165) is 26.7 Å². The van der Waals surface area contributed by atoms with Crippen molar-refractivity contribution in [2.24, 2.45) is 0 Å². The Morgan fingerprint density at radius 2 is 2.15 bits per heavy atom. The molecule has 0 amide bonds. The zero-order valence-electron chi connectivity index (χ0n) is 20.7. The Labute approximate surface area is 239 Å². The second-order valence-electron chi connectivity index (χ2n) is 8.32. The Hall–Kier alpha value is -4.58. The molecule has 40 heavy (non-hydrogen) atoms. The van der Waals surface area contributed by atoms with Crippen LogP contribution in [0.25, 0.3) is 11.4 Å². The van der Waals surface area contributed by atoms with Gasteiger partial charge in [0, 0.05) is 35.1 Å². The summed E-state index contributed by atoms with van der Waals surface area (Å²) in [4.78, 5) is 46.1. The van der Waals surface area contributed by atoms with Crippen LogP contribution in [0.15, 0.2) is 58.0 Å². The average molecular weight is 595 g/mol. The van der Waals surface area contributed by atoms with Crippen molar-refractivity contribution in [2.45, 2.75) is 13.0 Å². The van der Waals surface area contributed by atoms with Gasteiger partial charge >= 0.3 is 5.97 Å². The van der Waals surface area contributed by atoms with Gasteiger partial charge in [-0.05, 0) is 41.4 Å². The van der Waals surface area contributed by atoms with Gasteiger partial charge in [-0.25, -0.2) is 9.78 Å². The number of aromatic nitrogens is 5. The quantitative estimate of drug-likeness (QED) is 0.258. The van der Waals surface area contributed by atoms with E-state index in [4.69, 9.17) is 16.3 Å². The number of carbonyl (C=O) groups is 2. The van der Waals surface area contributed by atoms with Gasteiger partial charge in [-0.1, -0.05) is 17.7 Å². The molecule has 202 valence electrons. The molecule has 5 heterocycles. The average Bonchev–Trinajstić information content (AvgIpc) is 3.71. The van der Waals surface area contributed by atoms with E-state index < -0.39 is 17.4 Å². The van der Waals surface area contributed by atoms with Crippen molar-refractivity contribution < 1.29 is 14.3 Å². The Morgan fingerprint density at radius 1 is 1.30 bits per heavy atom. The lowest BCUT2D eigenvalue weighted by Gasteiger charge is -2.14. The van der Waals surface area contributed by atoms with Crippen LogP contribution >= 0.6 is 34.5 Å². The molecule has 0 saturated carbocycles. The number of anilines is 1. The summed E-state index contributed by atoms with van der Waals surface area (Å²) in [5.74, 6) is -0.966. The highest BCUT2D eigenvalue weighted by atomic mass is 35.5. The van der Waals surface area contributed by atoms with Crippen LogP contribution in [0.4, 0.5) is 5.82 Å². The number of rotatable bonds is 8. The van der Waals surface area contributed by atoms with Crippen molar-refractivity contribution in [2.75, 3.05) is 19.0 Å². The Bertz CT molecular complexity index is 1760. The van der Waals surface area contributed by atoms with Crippen molar-refractivity contribution in [1.29, 1.82) is 5.26 Å². The summed E-state index contributed by atoms with van der Waals surface area (Å²) in [6, 6.07) is 7.16. The molecule has 3 N–H and O–H groups in total. The highest BCUT2D eigenvalue weighted by molar-refractivity contribution is 7.16. The van der Waals surface area contributed by atoms with Gasteiger partial charge in [-0.15, -0.1) is 11.3 Å². The maximum absolute atomic E-state index is 13.2. The molecule has 0 unspecified atom stereocenters. The van der Waals surface area contributed by atoms with Gasteiger partial charge in [0.05, 0.1) is 18.0 Å². The number of nitriles is 1. The van der Waals surface area contributed by atoms with Gasteiger partial charge in [0.25, 0.3) is 11.5 Å². The lowest BCUT2D eigenvalue weighted by Crippen LogP contribution is -2.25. The lowest BCUT2D eigenvalue weighted by molar-refractivity contribution is -0.136. The summed E-state index contributed by atoms with van der Waals surface area (Å²) in [7, 11) is 1.29. The van der Waals surface area contributed by atoms with E-state index in [9.17, 15) is 19.6 Å². The molecule has 0 aliphatic carbocycles. The molecule has 12 nitrogen and oxygen atoms in total. The smallest absolute Gasteiger partial charge is 0.354 e. The zero-order chi connectivity index (χ0) is 28.2. The van der Waals surface area contributed by atoms with Crippen LogP contribution < -0.4 is 16.2 Å². The van der Waals surface area contributed by atoms with Crippen molar-refractivity contribution in [3.8, 4) is 17.5 Å². The molecular weight excluding hydrogens is 576 g/mol. The minimum atomic E-state index is -0.594. The zero-order valence-corrected chi connectivity index (χ0v) is 23.1. The maximum Gasteiger partial charge on any atom is 0.354 e.